The van der Waals surface area contributed by atoms with Crippen LogP contribution < -0.4 is 19.5 Å². The summed E-state index contributed by atoms with van der Waals surface area (Å²) in [4.78, 5) is 12.0. The first kappa shape index (κ1) is 16.6. The molecule has 1 fully saturated rings. The van der Waals surface area contributed by atoms with Crippen molar-refractivity contribution in [2.24, 2.45) is 0 Å². The Bertz CT molecular complexity index is 849. The maximum Gasteiger partial charge on any atom is 0.262 e. The van der Waals surface area contributed by atoms with Gasteiger partial charge in [-0.15, -0.1) is 0 Å². The number of hydrogen-bond donors (Lipinski definition) is 1. The standard InChI is InChI=1S/C19H17F2NO4/c20-12-3-5-15(14(21)9-12)24-11-18(23)22-13-4-6-16-17(10-13)26-19(25-16)7-1-2-8-19/h3-6,9-10H,1-2,7-8,11H2,(H,22,23). The average Bonchev–Trinajstić information content (AvgIpc) is 3.20. The molecule has 1 heterocycles. The molecular formula is C19H17F2NO4. The summed E-state index contributed by atoms with van der Waals surface area (Å²) >= 11 is 0. The van der Waals surface area contributed by atoms with Crippen molar-refractivity contribution < 1.29 is 27.8 Å². The van der Waals surface area contributed by atoms with E-state index in [4.69, 9.17) is 14.2 Å². The molecule has 4 rings (SSSR count). The number of benzene rings is 2. The van der Waals surface area contributed by atoms with Crippen LogP contribution in [0.3, 0.4) is 0 Å². The average molecular weight is 361 g/mol. The largest absolute Gasteiger partial charge is 0.481 e. The van der Waals surface area contributed by atoms with Crippen LogP contribution >= 0.6 is 0 Å². The van der Waals surface area contributed by atoms with Gasteiger partial charge in [-0.3, -0.25) is 4.79 Å². The highest BCUT2D eigenvalue weighted by atomic mass is 19.1. The van der Waals surface area contributed by atoms with Gasteiger partial charge >= 0.3 is 0 Å². The van der Waals surface area contributed by atoms with Crippen LogP contribution in [0, 0.1) is 11.6 Å². The molecule has 2 aliphatic rings. The predicted molar refractivity (Wildman–Crippen MR) is 89.4 cm³/mol. The molecule has 1 aliphatic carbocycles. The van der Waals surface area contributed by atoms with Crippen molar-refractivity contribution in [2.45, 2.75) is 31.5 Å². The second-order valence-electron chi connectivity index (χ2n) is 6.40. The zero-order valence-electron chi connectivity index (χ0n) is 13.9. The maximum atomic E-state index is 13.5. The van der Waals surface area contributed by atoms with Crippen LogP contribution in [0.25, 0.3) is 0 Å². The fraction of sp³-hybridized carbons (Fsp3) is 0.316. The minimum Gasteiger partial charge on any atom is -0.481 e. The van der Waals surface area contributed by atoms with Crippen molar-refractivity contribution in [1.29, 1.82) is 0 Å². The van der Waals surface area contributed by atoms with E-state index in [2.05, 4.69) is 5.32 Å². The summed E-state index contributed by atoms with van der Waals surface area (Å²) in [5, 5.41) is 2.66. The fourth-order valence-electron chi connectivity index (χ4n) is 3.22. The maximum absolute atomic E-state index is 13.5. The molecule has 5 nitrogen and oxygen atoms in total. The third-order valence-electron chi connectivity index (χ3n) is 4.44. The Morgan fingerprint density at radius 1 is 1.08 bits per heavy atom. The third kappa shape index (κ3) is 3.29. The molecule has 2 aromatic rings. The number of hydrogen-bond acceptors (Lipinski definition) is 4. The Morgan fingerprint density at radius 3 is 2.62 bits per heavy atom. The monoisotopic (exact) mass is 361 g/mol. The summed E-state index contributed by atoms with van der Waals surface area (Å²) in [5.74, 6) is -1.53. The van der Waals surface area contributed by atoms with Crippen LogP contribution in [0.4, 0.5) is 14.5 Å². The van der Waals surface area contributed by atoms with Gasteiger partial charge in [0.1, 0.15) is 5.82 Å². The van der Waals surface area contributed by atoms with Crippen molar-refractivity contribution >= 4 is 11.6 Å². The number of carbonyl (C=O) groups excluding carboxylic acids is 1. The van der Waals surface area contributed by atoms with Gasteiger partial charge in [-0.25, -0.2) is 8.78 Å². The van der Waals surface area contributed by atoms with Crippen LogP contribution in [-0.2, 0) is 4.79 Å². The number of rotatable bonds is 4. The SMILES string of the molecule is O=C(COc1ccc(F)cc1F)Nc1ccc2c(c1)OC1(CCCC1)O2. The topological polar surface area (TPSA) is 56.8 Å². The van der Waals surface area contributed by atoms with Gasteiger partial charge < -0.3 is 19.5 Å². The molecule has 2 aromatic carbocycles. The lowest BCUT2D eigenvalue weighted by atomic mass is 10.2. The number of anilines is 1. The molecular weight excluding hydrogens is 344 g/mol. The molecule has 1 saturated carbocycles. The second-order valence-corrected chi connectivity index (χ2v) is 6.40. The lowest BCUT2D eigenvalue weighted by Crippen LogP contribution is -2.34. The zero-order chi connectivity index (χ0) is 18.1. The number of ether oxygens (including phenoxy) is 3. The van der Waals surface area contributed by atoms with Crippen molar-refractivity contribution in [3.05, 3.63) is 48.0 Å². The summed E-state index contributed by atoms with van der Waals surface area (Å²) in [6, 6.07) is 8.04. The number of nitrogens with one attached hydrogen (secondary N) is 1. The van der Waals surface area contributed by atoms with Crippen LogP contribution in [0.1, 0.15) is 25.7 Å². The Hall–Kier alpha value is -2.83. The molecule has 0 radical (unpaired) electrons. The van der Waals surface area contributed by atoms with Gasteiger partial charge in [0.25, 0.3) is 11.7 Å². The molecule has 0 unspecified atom stereocenters. The molecule has 0 atom stereocenters. The van der Waals surface area contributed by atoms with Crippen molar-refractivity contribution in [1.82, 2.24) is 0 Å². The van der Waals surface area contributed by atoms with Crippen LogP contribution in [0.2, 0.25) is 0 Å². The quantitative estimate of drug-likeness (QED) is 0.894. The first-order chi connectivity index (χ1) is 12.5. The van der Waals surface area contributed by atoms with Gasteiger partial charge in [-0.2, -0.15) is 0 Å². The number of halogens is 2. The highest BCUT2D eigenvalue weighted by Crippen LogP contribution is 2.47. The van der Waals surface area contributed by atoms with Crippen molar-refractivity contribution in [2.75, 3.05) is 11.9 Å². The lowest BCUT2D eigenvalue weighted by Gasteiger charge is -2.21. The first-order valence-corrected chi connectivity index (χ1v) is 8.43. The predicted octanol–water partition coefficient (Wildman–Crippen LogP) is 4.02. The van der Waals surface area contributed by atoms with Gasteiger partial charge in [0.05, 0.1) is 0 Å². The molecule has 1 N–H and O–H groups in total. The lowest BCUT2D eigenvalue weighted by molar-refractivity contribution is -0.118. The molecule has 7 heteroatoms. The number of amides is 1. The van der Waals surface area contributed by atoms with E-state index in [0.717, 1.165) is 37.8 Å². The smallest absolute Gasteiger partial charge is 0.262 e. The minimum absolute atomic E-state index is 0.185. The van der Waals surface area contributed by atoms with E-state index in [1.54, 1.807) is 18.2 Å². The number of carbonyl (C=O) groups is 1. The van der Waals surface area contributed by atoms with E-state index in [0.29, 0.717) is 23.3 Å². The Morgan fingerprint density at radius 2 is 1.85 bits per heavy atom. The van der Waals surface area contributed by atoms with Gasteiger partial charge in [0.15, 0.2) is 29.7 Å². The molecule has 1 amide bonds. The molecule has 0 aromatic heterocycles. The zero-order valence-corrected chi connectivity index (χ0v) is 13.9. The van der Waals surface area contributed by atoms with E-state index < -0.39 is 29.9 Å². The molecule has 26 heavy (non-hydrogen) atoms. The fourth-order valence-corrected chi connectivity index (χ4v) is 3.22. The highest BCUT2D eigenvalue weighted by Gasteiger charge is 2.44. The van der Waals surface area contributed by atoms with Gasteiger partial charge in [0.2, 0.25) is 0 Å². The highest BCUT2D eigenvalue weighted by molar-refractivity contribution is 5.92. The Labute approximate surface area is 148 Å². The van der Waals surface area contributed by atoms with E-state index in [1.807, 2.05) is 0 Å². The van der Waals surface area contributed by atoms with Crippen LogP contribution in [-0.4, -0.2) is 18.3 Å². The van der Waals surface area contributed by atoms with Gasteiger partial charge in [-0.05, 0) is 37.1 Å². The van der Waals surface area contributed by atoms with Gasteiger partial charge in [-0.1, -0.05) is 0 Å². The normalized spacial score (nSPS) is 16.7. The summed E-state index contributed by atoms with van der Waals surface area (Å²) in [6.45, 7) is -0.402. The summed E-state index contributed by atoms with van der Waals surface area (Å²) < 4.78 is 43.3. The molecule has 0 bridgehead atoms. The number of fused-ring (bicyclic) bond motifs is 1. The molecule has 1 spiro atoms. The van der Waals surface area contributed by atoms with Crippen molar-refractivity contribution in [3.63, 3.8) is 0 Å². The Balaban J connectivity index is 1.37. The third-order valence-corrected chi connectivity index (χ3v) is 4.44. The van der Waals surface area contributed by atoms with E-state index >= 15 is 0 Å². The minimum atomic E-state index is -0.859. The molecule has 136 valence electrons. The molecule has 0 saturated heterocycles. The van der Waals surface area contributed by atoms with Crippen LogP contribution in [0.5, 0.6) is 17.2 Å². The van der Waals surface area contributed by atoms with E-state index in [9.17, 15) is 13.6 Å². The van der Waals surface area contributed by atoms with Crippen molar-refractivity contribution in [3.8, 4) is 17.2 Å². The van der Waals surface area contributed by atoms with E-state index in [-0.39, 0.29) is 5.75 Å². The second kappa shape index (κ2) is 6.48. The summed E-state index contributed by atoms with van der Waals surface area (Å²) in [6.07, 6.45) is 3.82. The molecule has 1 aliphatic heterocycles. The first-order valence-electron chi connectivity index (χ1n) is 8.43. The van der Waals surface area contributed by atoms with Gasteiger partial charge in [0, 0.05) is 30.7 Å². The van der Waals surface area contributed by atoms with Crippen LogP contribution in [0.15, 0.2) is 36.4 Å². The van der Waals surface area contributed by atoms with E-state index in [1.165, 1.54) is 0 Å². The Kier molecular flexibility index (Phi) is 4.14. The summed E-state index contributed by atoms with van der Waals surface area (Å²) in [7, 11) is 0. The summed E-state index contributed by atoms with van der Waals surface area (Å²) in [5.41, 5.74) is 0.524.